The van der Waals surface area contributed by atoms with E-state index < -0.39 is 0 Å². The van der Waals surface area contributed by atoms with Crippen LogP contribution in [-0.2, 0) is 17.9 Å². The van der Waals surface area contributed by atoms with Crippen molar-refractivity contribution in [2.24, 2.45) is 0 Å². The third-order valence-corrected chi connectivity index (χ3v) is 5.76. The summed E-state index contributed by atoms with van der Waals surface area (Å²) in [6.07, 6.45) is 3.34. The van der Waals surface area contributed by atoms with Gasteiger partial charge in [0.25, 0.3) is 5.91 Å². The fourth-order valence-electron chi connectivity index (χ4n) is 3.44. The second-order valence-corrected chi connectivity index (χ2v) is 8.45. The summed E-state index contributed by atoms with van der Waals surface area (Å²) < 4.78 is 5.46. The molecule has 1 aliphatic carbocycles. The lowest BCUT2D eigenvalue weighted by molar-refractivity contribution is -0.133. The number of hydrogen-bond acceptors (Lipinski definition) is 3. The zero-order valence-electron chi connectivity index (χ0n) is 16.8. The number of furan rings is 1. The number of carbonyl (C=O) groups is 2. The van der Waals surface area contributed by atoms with E-state index in [-0.39, 0.29) is 29.4 Å². The molecular weight excluding hydrogens is 435 g/mol. The molecule has 31 heavy (non-hydrogen) atoms. The van der Waals surface area contributed by atoms with Gasteiger partial charge in [-0.3, -0.25) is 9.59 Å². The van der Waals surface area contributed by atoms with Crippen LogP contribution in [0.3, 0.4) is 0 Å². The van der Waals surface area contributed by atoms with Crippen molar-refractivity contribution in [2.45, 2.75) is 32.0 Å². The van der Waals surface area contributed by atoms with Gasteiger partial charge < -0.3 is 14.2 Å². The van der Waals surface area contributed by atoms with Crippen LogP contribution in [0.2, 0.25) is 10.0 Å². The molecule has 0 bridgehead atoms. The predicted molar refractivity (Wildman–Crippen MR) is 120 cm³/mol. The molecule has 0 unspecified atom stereocenters. The first kappa shape index (κ1) is 21.5. The van der Waals surface area contributed by atoms with Crippen LogP contribution in [0.25, 0.3) is 0 Å². The normalized spacial score (nSPS) is 13.1. The molecule has 1 heterocycles. The van der Waals surface area contributed by atoms with Crippen molar-refractivity contribution < 1.29 is 14.0 Å². The van der Waals surface area contributed by atoms with Gasteiger partial charge in [-0.15, -0.1) is 0 Å². The van der Waals surface area contributed by atoms with E-state index in [0.29, 0.717) is 29.4 Å². The highest BCUT2D eigenvalue weighted by Gasteiger charge is 2.36. The molecule has 0 radical (unpaired) electrons. The third-order valence-electron chi connectivity index (χ3n) is 5.21. The maximum atomic E-state index is 13.3. The summed E-state index contributed by atoms with van der Waals surface area (Å²) in [6, 6.07) is 18.2. The number of nitrogens with zero attached hydrogens (tertiary/aromatic N) is 2. The van der Waals surface area contributed by atoms with Gasteiger partial charge in [-0.2, -0.15) is 0 Å². The van der Waals surface area contributed by atoms with Crippen LogP contribution in [0.5, 0.6) is 0 Å². The van der Waals surface area contributed by atoms with Crippen molar-refractivity contribution >= 4 is 35.0 Å². The Hall–Kier alpha value is -2.76. The van der Waals surface area contributed by atoms with Gasteiger partial charge in [0.1, 0.15) is 12.3 Å². The number of carbonyl (C=O) groups excluding carboxylic acids is 2. The molecule has 0 atom stereocenters. The van der Waals surface area contributed by atoms with E-state index in [0.717, 1.165) is 18.4 Å². The summed E-state index contributed by atoms with van der Waals surface area (Å²) in [5.41, 5.74) is 1.36. The van der Waals surface area contributed by atoms with Crippen LogP contribution < -0.4 is 0 Å². The molecule has 7 heteroatoms. The zero-order valence-corrected chi connectivity index (χ0v) is 18.4. The highest BCUT2D eigenvalue weighted by Crippen LogP contribution is 2.31. The van der Waals surface area contributed by atoms with Crippen LogP contribution in [0.1, 0.15) is 34.5 Å². The molecule has 0 aliphatic heterocycles. The van der Waals surface area contributed by atoms with Crippen LogP contribution in [0, 0.1) is 0 Å². The minimum atomic E-state index is -0.254. The maximum absolute atomic E-state index is 13.3. The summed E-state index contributed by atoms with van der Waals surface area (Å²) in [5, 5.41) is 0.746. The lowest BCUT2D eigenvalue weighted by Gasteiger charge is -2.27. The van der Waals surface area contributed by atoms with Crippen LogP contribution in [-0.4, -0.2) is 34.2 Å². The van der Waals surface area contributed by atoms with Crippen molar-refractivity contribution in [3.05, 3.63) is 93.9 Å². The van der Waals surface area contributed by atoms with Crippen LogP contribution in [0.4, 0.5) is 0 Å². The van der Waals surface area contributed by atoms with Gasteiger partial charge in [-0.1, -0.05) is 53.5 Å². The fraction of sp³-hybridized carbons (Fsp3) is 0.250. The summed E-state index contributed by atoms with van der Waals surface area (Å²) >= 11 is 12.2. The lowest BCUT2D eigenvalue weighted by Crippen LogP contribution is -2.43. The van der Waals surface area contributed by atoms with E-state index in [2.05, 4.69) is 0 Å². The lowest BCUT2D eigenvalue weighted by atomic mass is 10.1. The highest BCUT2D eigenvalue weighted by atomic mass is 35.5. The Labute approximate surface area is 191 Å². The van der Waals surface area contributed by atoms with Crippen molar-refractivity contribution in [1.29, 1.82) is 0 Å². The molecule has 2 aromatic carbocycles. The molecule has 5 nitrogen and oxygen atoms in total. The molecule has 1 saturated carbocycles. The summed E-state index contributed by atoms with van der Waals surface area (Å²) in [7, 11) is 0. The van der Waals surface area contributed by atoms with E-state index in [1.54, 1.807) is 40.3 Å². The third kappa shape index (κ3) is 5.49. The molecule has 0 saturated heterocycles. The SMILES string of the molecule is O=C(CN(C(=O)c1ccc(Cl)cc1Cl)C1CC1)N(Cc1ccccc1)Cc1ccco1. The second kappa shape index (κ2) is 9.58. The average molecular weight is 457 g/mol. The molecule has 0 spiro atoms. The van der Waals surface area contributed by atoms with E-state index in [4.69, 9.17) is 27.6 Å². The first-order chi connectivity index (χ1) is 15.0. The number of amides is 2. The van der Waals surface area contributed by atoms with Crippen LogP contribution in [0.15, 0.2) is 71.3 Å². The van der Waals surface area contributed by atoms with E-state index in [1.165, 1.54) is 0 Å². The number of benzene rings is 2. The van der Waals surface area contributed by atoms with Gasteiger partial charge in [0.05, 0.1) is 23.4 Å². The number of halogens is 2. The number of hydrogen-bond donors (Lipinski definition) is 0. The van der Waals surface area contributed by atoms with Crippen LogP contribution >= 0.6 is 23.2 Å². The molecule has 2 amide bonds. The Kier molecular flexibility index (Phi) is 6.64. The van der Waals surface area contributed by atoms with Gasteiger partial charge in [0, 0.05) is 17.6 Å². The average Bonchev–Trinajstić information content (AvgIpc) is 3.47. The van der Waals surface area contributed by atoms with Crippen molar-refractivity contribution in [2.75, 3.05) is 6.54 Å². The first-order valence-corrected chi connectivity index (χ1v) is 10.9. The molecule has 1 aliphatic rings. The molecule has 160 valence electrons. The standard InChI is InChI=1S/C24H22Cl2N2O3/c25-18-8-11-21(22(26)13-18)24(30)28(19-9-10-19)16-23(29)27(15-20-7-4-12-31-20)14-17-5-2-1-3-6-17/h1-8,11-13,19H,9-10,14-16H2. The predicted octanol–water partition coefficient (Wildman–Crippen LogP) is 5.42. The maximum Gasteiger partial charge on any atom is 0.256 e. The Morgan fingerprint density at radius 3 is 2.39 bits per heavy atom. The minimum Gasteiger partial charge on any atom is -0.467 e. The summed E-state index contributed by atoms with van der Waals surface area (Å²) in [6.45, 7) is 0.736. The fourth-order valence-corrected chi connectivity index (χ4v) is 3.93. The van der Waals surface area contributed by atoms with Gasteiger partial charge in [0.2, 0.25) is 5.91 Å². The zero-order chi connectivity index (χ0) is 21.8. The molecule has 0 N–H and O–H groups in total. The van der Waals surface area contributed by atoms with Gasteiger partial charge >= 0.3 is 0 Å². The van der Waals surface area contributed by atoms with Crippen molar-refractivity contribution in [3.8, 4) is 0 Å². The van der Waals surface area contributed by atoms with E-state index >= 15 is 0 Å². The monoisotopic (exact) mass is 456 g/mol. The van der Waals surface area contributed by atoms with Gasteiger partial charge in [0.15, 0.2) is 0 Å². The highest BCUT2D eigenvalue weighted by molar-refractivity contribution is 6.36. The van der Waals surface area contributed by atoms with E-state index in [9.17, 15) is 9.59 Å². The quantitative estimate of drug-likeness (QED) is 0.454. The van der Waals surface area contributed by atoms with Crippen molar-refractivity contribution in [1.82, 2.24) is 9.80 Å². The Morgan fingerprint density at radius 1 is 0.968 bits per heavy atom. The summed E-state index contributed by atoms with van der Waals surface area (Å²) in [5.74, 6) is 0.287. The largest absolute Gasteiger partial charge is 0.467 e. The Balaban J connectivity index is 1.54. The van der Waals surface area contributed by atoms with Crippen molar-refractivity contribution in [3.63, 3.8) is 0 Å². The Morgan fingerprint density at radius 2 is 1.74 bits per heavy atom. The minimum absolute atomic E-state index is 0.0179. The van der Waals surface area contributed by atoms with Gasteiger partial charge in [-0.05, 0) is 48.7 Å². The smallest absolute Gasteiger partial charge is 0.256 e. The first-order valence-electron chi connectivity index (χ1n) is 10.1. The van der Waals surface area contributed by atoms with Gasteiger partial charge in [-0.25, -0.2) is 0 Å². The topological polar surface area (TPSA) is 53.8 Å². The second-order valence-electron chi connectivity index (χ2n) is 7.60. The molecule has 3 aromatic rings. The molecular formula is C24H22Cl2N2O3. The number of rotatable bonds is 8. The molecule has 1 fully saturated rings. The molecule has 1 aromatic heterocycles. The summed E-state index contributed by atoms with van der Waals surface area (Å²) in [4.78, 5) is 29.9. The van der Waals surface area contributed by atoms with E-state index in [1.807, 2.05) is 36.4 Å². The Bertz CT molecular complexity index is 1050. The molecule has 4 rings (SSSR count).